The Kier molecular flexibility index (Phi) is 3.68. The number of hydrogen-bond acceptors (Lipinski definition) is 4. The first-order chi connectivity index (χ1) is 9.43. The molecule has 4 heteroatoms. The molecule has 3 rings (SSSR count). The first-order valence-electron chi connectivity index (χ1n) is 7.81. The van der Waals surface area contributed by atoms with Crippen LogP contribution in [0.4, 0.5) is 0 Å². The molecular weight excluding hydrogens is 268 g/mol. The van der Waals surface area contributed by atoms with Crippen molar-refractivity contribution in [1.29, 1.82) is 0 Å². The van der Waals surface area contributed by atoms with Crippen molar-refractivity contribution in [3.63, 3.8) is 0 Å². The molecule has 1 N–H and O–H groups in total. The normalized spacial score (nSPS) is 32.3. The number of aromatic nitrogens is 1. The third-order valence-corrected chi connectivity index (χ3v) is 6.02. The summed E-state index contributed by atoms with van der Waals surface area (Å²) < 4.78 is 5.98. The van der Waals surface area contributed by atoms with Gasteiger partial charge in [-0.1, -0.05) is 20.8 Å². The van der Waals surface area contributed by atoms with Gasteiger partial charge >= 0.3 is 0 Å². The zero-order valence-electron chi connectivity index (χ0n) is 13.1. The number of fused-ring (bicyclic) bond motifs is 1. The van der Waals surface area contributed by atoms with E-state index in [9.17, 15) is 0 Å². The predicted molar refractivity (Wildman–Crippen MR) is 83.2 cm³/mol. The van der Waals surface area contributed by atoms with Crippen LogP contribution in [0.2, 0.25) is 0 Å². The lowest BCUT2D eigenvalue weighted by Gasteiger charge is -2.34. The van der Waals surface area contributed by atoms with Crippen LogP contribution < -0.4 is 5.32 Å². The summed E-state index contributed by atoms with van der Waals surface area (Å²) in [5, 5.41) is 4.84. The average Bonchev–Trinajstić information content (AvgIpc) is 2.95. The van der Waals surface area contributed by atoms with E-state index in [4.69, 9.17) is 9.72 Å². The van der Waals surface area contributed by atoms with Crippen LogP contribution in [-0.2, 0) is 16.8 Å². The molecule has 0 spiro atoms. The number of nitrogens with zero attached hydrogens (tertiary/aromatic N) is 1. The molecule has 2 aliphatic rings. The van der Waals surface area contributed by atoms with Gasteiger partial charge in [-0.25, -0.2) is 4.98 Å². The van der Waals surface area contributed by atoms with Crippen LogP contribution >= 0.6 is 11.3 Å². The van der Waals surface area contributed by atoms with Gasteiger partial charge in [0.15, 0.2) is 0 Å². The minimum absolute atomic E-state index is 0.136. The fourth-order valence-electron chi connectivity index (χ4n) is 3.52. The second-order valence-electron chi connectivity index (χ2n) is 7.17. The third kappa shape index (κ3) is 2.53. The summed E-state index contributed by atoms with van der Waals surface area (Å²) in [5.74, 6) is 0. The molecule has 0 aromatic carbocycles. The molecule has 1 fully saturated rings. The van der Waals surface area contributed by atoms with Gasteiger partial charge in [0.05, 0.1) is 5.69 Å². The largest absolute Gasteiger partial charge is 0.368 e. The molecule has 1 aliphatic carbocycles. The van der Waals surface area contributed by atoms with Crippen molar-refractivity contribution in [3.8, 4) is 0 Å². The van der Waals surface area contributed by atoms with Crippen molar-refractivity contribution in [1.82, 2.24) is 10.3 Å². The van der Waals surface area contributed by atoms with Gasteiger partial charge in [-0.3, -0.25) is 0 Å². The van der Waals surface area contributed by atoms with Gasteiger partial charge in [-0.2, -0.15) is 0 Å². The first kappa shape index (κ1) is 14.5. The molecule has 1 saturated heterocycles. The van der Waals surface area contributed by atoms with Crippen LogP contribution in [-0.4, -0.2) is 18.1 Å². The lowest BCUT2D eigenvalue weighted by Crippen LogP contribution is -2.32. The molecule has 0 bridgehead atoms. The van der Waals surface area contributed by atoms with E-state index < -0.39 is 0 Å². The summed E-state index contributed by atoms with van der Waals surface area (Å²) in [6.07, 6.45) is 4.56. The Hall–Kier alpha value is -0.450. The van der Waals surface area contributed by atoms with Gasteiger partial charge in [0, 0.05) is 17.5 Å². The highest BCUT2D eigenvalue weighted by Crippen LogP contribution is 2.46. The molecule has 1 aliphatic heterocycles. The Morgan fingerprint density at radius 2 is 2.20 bits per heavy atom. The topological polar surface area (TPSA) is 34.2 Å². The average molecular weight is 294 g/mol. The van der Waals surface area contributed by atoms with Crippen LogP contribution in [0.15, 0.2) is 0 Å². The van der Waals surface area contributed by atoms with Crippen molar-refractivity contribution in [2.24, 2.45) is 5.41 Å². The molecule has 0 saturated carbocycles. The monoisotopic (exact) mass is 294 g/mol. The molecule has 0 amide bonds. The number of thiazole rings is 1. The standard InChI is InChI=1S/C16H26N2OS/c1-5-17-11-9-15(2,3)10-12-13(11)20-14(18-12)16(4)7-6-8-19-16/h11,17H,5-10H2,1-4H3. The van der Waals surface area contributed by atoms with Gasteiger partial charge < -0.3 is 10.1 Å². The van der Waals surface area contributed by atoms with Crippen molar-refractivity contribution >= 4 is 11.3 Å². The summed E-state index contributed by atoms with van der Waals surface area (Å²) in [4.78, 5) is 6.44. The summed E-state index contributed by atoms with van der Waals surface area (Å²) in [5.41, 5.74) is 1.51. The Labute approximate surface area is 126 Å². The predicted octanol–water partition coefficient (Wildman–Crippen LogP) is 3.79. The van der Waals surface area contributed by atoms with Crippen LogP contribution in [0.25, 0.3) is 0 Å². The van der Waals surface area contributed by atoms with E-state index in [1.807, 2.05) is 11.3 Å². The van der Waals surface area contributed by atoms with Gasteiger partial charge in [0.1, 0.15) is 10.6 Å². The summed E-state index contributed by atoms with van der Waals surface area (Å²) in [6, 6.07) is 0.468. The van der Waals surface area contributed by atoms with E-state index in [0.29, 0.717) is 11.5 Å². The zero-order chi connectivity index (χ0) is 14.4. The van der Waals surface area contributed by atoms with Crippen LogP contribution in [0.5, 0.6) is 0 Å². The maximum Gasteiger partial charge on any atom is 0.125 e. The number of hydrogen-bond donors (Lipinski definition) is 1. The minimum atomic E-state index is -0.136. The van der Waals surface area contributed by atoms with E-state index in [1.54, 1.807) is 0 Å². The minimum Gasteiger partial charge on any atom is -0.368 e. The number of ether oxygens (including phenoxy) is 1. The van der Waals surface area contributed by atoms with Gasteiger partial charge in [0.25, 0.3) is 0 Å². The Bertz CT molecular complexity index is 489. The Morgan fingerprint density at radius 3 is 2.85 bits per heavy atom. The van der Waals surface area contributed by atoms with Gasteiger partial charge in [-0.05, 0) is 44.6 Å². The molecule has 2 atom stereocenters. The Morgan fingerprint density at radius 1 is 1.40 bits per heavy atom. The summed E-state index contributed by atoms with van der Waals surface area (Å²) in [6.45, 7) is 11.0. The molecule has 1 aromatic rings. The molecule has 1 aromatic heterocycles. The highest BCUT2D eigenvalue weighted by Gasteiger charge is 2.40. The second kappa shape index (κ2) is 5.08. The highest BCUT2D eigenvalue weighted by atomic mass is 32.1. The lowest BCUT2D eigenvalue weighted by atomic mass is 9.76. The maximum atomic E-state index is 5.98. The highest BCUT2D eigenvalue weighted by molar-refractivity contribution is 7.12. The van der Waals surface area contributed by atoms with Crippen molar-refractivity contribution < 1.29 is 4.74 Å². The fourth-order valence-corrected chi connectivity index (χ4v) is 4.80. The lowest BCUT2D eigenvalue weighted by molar-refractivity contribution is 0.0165. The molecule has 3 nitrogen and oxygen atoms in total. The molecule has 2 unspecified atom stereocenters. The zero-order valence-corrected chi connectivity index (χ0v) is 13.9. The second-order valence-corrected chi connectivity index (χ2v) is 8.20. The van der Waals surface area contributed by atoms with E-state index in [-0.39, 0.29) is 5.60 Å². The third-order valence-electron chi connectivity index (χ3n) is 4.57. The van der Waals surface area contributed by atoms with Crippen LogP contribution in [0, 0.1) is 5.41 Å². The van der Waals surface area contributed by atoms with E-state index >= 15 is 0 Å². The number of nitrogens with one attached hydrogen (secondary N) is 1. The SMILES string of the molecule is CCNC1CC(C)(C)Cc2nc(C3(C)CCCO3)sc21. The molecular formula is C16H26N2OS. The first-order valence-corrected chi connectivity index (χ1v) is 8.63. The summed E-state index contributed by atoms with van der Waals surface area (Å²) in [7, 11) is 0. The summed E-state index contributed by atoms with van der Waals surface area (Å²) >= 11 is 1.88. The van der Waals surface area contributed by atoms with Crippen molar-refractivity contribution in [2.75, 3.05) is 13.2 Å². The van der Waals surface area contributed by atoms with E-state index in [2.05, 4.69) is 33.0 Å². The van der Waals surface area contributed by atoms with Crippen LogP contribution in [0.1, 0.15) is 68.6 Å². The van der Waals surface area contributed by atoms with Gasteiger partial charge in [-0.15, -0.1) is 11.3 Å². The van der Waals surface area contributed by atoms with Crippen molar-refractivity contribution in [2.45, 2.75) is 65.0 Å². The molecule has 2 heterocycles. The Balaban J connectivity index is 1.95. The smallest absolute Gasteiger partial charge is 0.125 e. The number of rotatable bonds is 3. The maximum absolute atomic E-state index is 5.98. The van der Waals surface area contributed by atoms with Crippen molar-refractivity contribution in [3.05, 3.63) is 15.6 Å². The molecule has 0 radical (unpaired) electrons. The fraction of sp³-hybridized carbons (Fsp3) is 0.812. The molecule has 20 heavy (non-hydrogen) atoms. The van der Waals surface area contributed by atoms with Crippen LogP contribution in [0.3, 0.4) is 0 Å². The molecule has 112 valence electrons. The van der Waals surface area contributed by atoms with Gasteiger partial charge in [0.2, 0.25) is 0 Å². The van der Waals surface area contributed by atoms with E-state index in [1.165, 1.54) is 22.0 Å². The quantitative estimate of drug-likeness (QED) is 0.921. The van der Waals surface area contributed by atoms with E-state index in [0.717, 1.165) is 32.4 Å².